The van der Waals surface area contributed by atoms with Crippen LogP contribution in [0.4, 0.5) is 5.82 Å². The molecule has 126 valence electrons. The number of rotatable bonds is 6. The highest BCUT2D eigenvalue weighted by Gasteiger charge is 2.14. The Kier molecular flexibility index (Phi) is 5.30. The van der Waals surface area contributed by atoms with E-state index < -0.39 is 0 Å². The second-order valence-electron chi connectivity index (χ2n) is 5.98. The van der Waals surface area contributed by atoms with Gasteiger partial charge in [0.25, 0.3) is 0 Å². The van der Waals surface area contributed by atoms with Gasteiger partial charge in [-0.1, -0.05) is 29.3 Å². The first kappa shape index (κ1) is 17.1. The van der Waals surface area contributed by atoms with E-state index in [9.17, 15) is 0 Å². The van der Waals surface area contributed by atoms with Crippen LogP contribution in [0.2, 0.25) is 10.0 Å². The van der Waals surface area contributed by atoms with Gasteiger partial charge in [-0.05, 0) is 17.7 Å². The van der Waals surface area contributed by atoms with Gasteiger partial charge in [-0.25, -0.2) is 9.67 Å². The molecule has 2 aromatic heterocycles. The lowest BCUT2D eigenvalue weighted by Gasteiger charge is -2.07. The number of nitrogens with zero attached hydrogens (tertiary/aromatic N) is 4. The standard InChI is InChI=1S/C16H18Cl2N6/c1-23(2)6-5-19-15-13-8-22-24(16(13)21-10-20-15)9-11-3-4-12(17)7-14(11)18/h3-4,7-8,10H,5-6,9H2,1-2H3,(H,19,20,21)/p+2. The van der Waals surface area contributed by atoms with E-state index in [2.05, 4.69) is 34.5 Å². The Labute approximate surface area is 150 Å². The van der Waals surface area contributed by atoms with E-state index in [4.69, 9.17) is 23.2 Å². The van der Waals surface area contributed by atoms with Crippen LogP contribution < -0.4 is 10.2 Å². The maximum absolute atomic E-state index is 6.26. The molecule has 2 heterocycles. The first-order chi connectivity index (χ1) is 11.5. The highest BCUT2D eigenvalue weighted by molar-refractivity contribution is 6.35. The molecule has 0 unspecified atom stereocenters. The number of halogens is 2. The molecule has 3 rings (SSSR count). The topological polar surface area (TPSA) is 64.7 Å². The van der Waals surface area contributed by atoms with Crippen LogP contribution in [-0.4, -0.2) is 46.9 Å². The third kappa shape index (κ3) is 3.84. The molecule has 0 atom stereocenters. The predicted octanol–water partition coefficient (Wildman–Crippen LogP) is 0.521. The Hall–Kier alpha value is -1.73. The normalized spacial score (nSPS) is 11.5. The van der Waals surface area contributed by atoms with Crippen LogP contribution in [0, 0.1) is 0 Å². The second-order valence-corrected chi connectivity index (χ2v) is 6.83. The van der Waals surface area contributed by atoms with Gasteiger partial charge < -0.3 is 4.90 Å². The molecule has 0 fully saturated rings. The van der Waals surface area contributed by atoms with Crippen molar-refractivity contribution in [3.05, 3.63) is 46.3 Å². The van der Waals surface area contributed by atoms with Crippen LogP contribution in [0.5, 0.6) is 0 Å². The Morgan fingerprint density at radius 3 is 2.79 bits per heavy atom. The Bertz CT molecular complexity index is 846. The first-order valence-electron chi connectivity index (χ1n) is 7.77. The van der Waals surface area contributed by atoms with Crippen LogP contribution in [-0.2, 0) is 6.54 Å². The van der Waals surface area contributed by atoms with E-state index in [1.807, 2.05) is 23.0 Å². The van der Waals surface area contributed by atoms with Crippen LogP contribution in [0.3, 0.4) is 0 Å². The minimum atomic E-state index is 0.539. The number of benzene rings is 1. The number of aromatic nitrogens is 4. The summed E-state index contributed by atoms with van der Waals surface area (Å²) in [6.45, 7) is 2.56. The molecule has 0 saturated carbocycles. The monoisotopic (exact) mass is 366 g/mol. The van der Waals surface area contributed by atoms with E-state index in [0.717, 1.165) is 35.5 Å². The molecule has 0 amide bonds. The summed E-state index contributed by atoms with van der Waals surface area (Å²) in [4.78, 5) is 10.2. The van der Waals surface area contributed by atoms with Crippen molar-refractivity contribution in [2.45, 2.75) is 6.54 Å². The molecule has 0 radical (unpaired) electrons. The van der Waals surface area contributed by atoms with Crippen LogP contribution >= 0.6 is 23.2 Å². The molecule has 1 aromatic carbocycles. The largest absolute Gasteiger partial charge is 0.335 e. The lowest BCUT2D eigenvalue weighted by molar-refractivity contribution is -0.870. The molecule has 0 bridgehead atoms. The quantitative estimate of drug-likeness (QED) is 0.668. The summed E-state index contributed by atoms with van der Waals surface area (Å²) < 4.78 is 1.83. The third-order valence-corrected chi connectivity index (χ3v) is 4.37. The van der Waals surface area contributed by atoms with Crippen molar-refractivity contribution in [3.63, 3.8) is 0 Å². The van der Waals surface area contributed by atoms with E-state index in [1.54, 1.807) is 12.4 Å². The lowest BCUT2D eigenvalue weighted by Crippen LogP contribution is -3.08. The molecule has 3 aromatic rings. The zero-order valence-electron chi connectivity index (χ0n) is 13.6. The average Bonchev–Trinajstić information content (AvgIpc) is 2.94. The van der Waals surface area contributed by atoms with Crippen molar-refractivity contribution in [3.8, 4) is 0 Å². The van der Waals surface area contributed by atoms with Gasteiger partial charge >= 0.3 is 0 Å². The molecular weight excluding hydrogens is 347 g/mol. The molecule has 6 nitrogen and oxygen atoms in total. The molecule has 3 N–H and O–H groups in total. The van der Waals surface area contributed by atoms with Crippen molar-refractivity contribution in [2.24, 2.45) is 0 Å². The van der Waals surface area contributed by atoms with Crippen LogP contribution in [0.15, 0.2) is 30.7 Å². The molecule has 8 heteroatoms. The zero-order chi connectivity index (χ0) is 17.1. The number of fused-ring (bicyclic) bond motifs is 1. The highest BCUT2D eigenvalue weighted by Crippen LogP contribution is 2.23. The number of nitrogens with two attached hydrogens (primary N) is 1. The molecular formula is C16H20Cl2N6+2. The third-order valence-electron chi connectivity index (χ3n) is 3.78. The van der Waals surface area contributed by atoms with Crippen LogP contribution in [0.25, 0.3) is 11.0 Å². The van der Waals surface area contributed by atoms with Gasteiger partial charge in [-0.3, -0.25) is 5.32 Å². The number of likely N-dealkylation sites (N-methyl/N-ethyl adjacent to an activating group) is 1. The SMILES string of the molecule is C[NH+](C)CC[NH2+]c1ncnc2c1cnn2Cc1ccc(Cl)cc1Cl. The predicted molar refractivity (Wildman–Crippen MR) is 95.0 cm³/mol. The first-order valence-corrected chi connectivity index (χ1v) is 8.53. The van der Waals surface area contributed by atoms with Gasteiger partial charge in [-0.2, -0.15) is 10.1 Å². The van der Waals surface area contributed by atoms with Gasteiger partial charge in [-0.15, -0.1) is 0 Å². The van der Waals surface area contributed by atoms with Crippen molar-refractivity contribution in [1.82, 2.24) is 19.7 Å². The summed E-state index contributed by atoms with van der Waals surface area (Å²) in [5.41, 5.74) is 1.76. The van der Waals surface area contributed by atoms with Crippen molar-refractivity contribution in [1.29, 1.82) is 0 Å². The lowest BCUT2D eigenvalue weighted by atomic mass is 10.2. The number of hydrogen-bond donors (Lipinski definition) is 2. The minimum Gasteiger partial charge on any atom is -0.335 e. The average molecular weight is 367 g/mol. The maximum Gasteiger partial charge on any atom is 0.238 e. The summed E-state index contributed by atoms with van der Waals surface area (Å²) in [5.74, 6) is 0.926. The van der Waals surface area contributed by atoms with Gasteiger partial charge in [0.1, 0.15) is 24.8 Å². The molecule has 0 aliphatic carbocycles. The van der Waals surface area contributed by atoms with Crippen LogP contribution in [0.1, 0.15) is 5.56 Å². The molecule has 0 aliphatic heterocycles. The Morgan fingerprint density at radius 1 is 1.21 bits per heavy atom. The fourth-order valence-corrected chi connectivity index (χ4v) is 2.97. The Balaban J connectivity index is 1.85. The molecule has 0 spiro atoms. The number of quaternary nitrogens is 2. The van der Waals surface area contributed by atoms with Crippen molar-refractivity contribution >= 4 is 40.1 Å². The van der Waals surface area contributed by atoms with E-state index >= 15 is 0 Å². The summed E-state index contributed by atoms with van der Waals surface area (Å²) in [6, 6.07) is 5.47. The minimum absolute atomic E-state index is 0.539. The van der Waals surface area contributed by atoms with E-state index in [0.29, 0.717) is 16.6 Å². The Morgan fingerprint density at radius 2 is 2.04 bits per heavy atom. The van der Waals surface area contributed by atoms with Gasteiger partial charge in [0.2, 0.25) is 5.82 Å². The summed E-state index contributed by atoms with van der Waals surface area (Å²) in [7, 11) is 4.27. The fraction of sp³-hybridized carbons (Fsp3) is 0.312. The molecule has 0 aliphatic rings. The maximum atomic E-state index is 6.26. The number of nitrogens with one attached hydrogen (secondary N) is 1. The molecule has 0 saturated heterocycles. The van der Waals surface area contributed by atoms with Crippen molar-refractivity contribution in [2.75, 3.05) is 27.2 Å². The summed E-state index contributed by atoms with van der Waals surface area (Å²) >= 11 is 12.2. The van der Waals surface area contributed by atoms with Gasteiger partial charge in [0.15, 0.2) is 5.65 Å². The molecule has 24 heavy (non-hydrogen) atoms. The second kappa shape index (κ2) is 7.44. The number of hydrogen-bond acceptors (Lipinski definition) is 3. The fourth-order valence-electron chi connectivity index (χ4n) is 2.50. The van der Waals surface area contributed by atoms with Crippen molar-refractivity contribution < 1.29 is 10.2 Å². The smallest absolute Gasteiger partial charge is 0.238 e. The van der Waals surface area contributed by atoms with Gasteiger partial charge in [0.05, 0.1) is 26.8 Å². The highest BCUT2D eigenvalue weighted by atomic mass is 35.5. The van der Waals surface area contributed by atoms with E-state index in [1.165, 1.54) is 4.90 Å². The summed E-state index contributed by atoms with van der Waals surface area (Å²) in [5, 5.41) is 8.79. The van der Waals surface area contributed by atoms with E-state index in [-0.39, 0.29) is 0 Å². The zero-order valence-corrected chi connectivity index (χ0v) is 15.1. The van der Waals surface area contributed by atoms with Gasteiger partial charge in [0, 0.05) is 10.0 Å². The summed E-state index contributed by atoms with van der Waals surface area (Å²) in [6.07, 6.45) is 3.39.